The highest BCUT2D eigenvalue weighted by molar-refractivity contribution is 7.90. The quantitative estimate of drug-likeness (QED) is 0.754. The number of nitrogens with one attached hydrogen (secondary N) is 1. The third-order valence-corrected chi connectivity index (χ3v) is 8.36. The minimum absolute atomic E-state index is 0.0116. The summed E-state index contributed by atoms with van der Waals surface area (Å²) in [6, 6.07) is 10.6. The van der Waals surface area contributed by atoms with Gasteiger partial charge < -0.3 is 5.32 Å². The van der Waals surface area contributed by atoms with Gasteiger partial charge in [0.15, 0.2) is 9.84 Å². The molecule has 162 valence electrons. The Morgan fingerprint density at radius 1 is 0.900 bits per heavy atom. The molecule has 0 atom stereocenters. The Balaban J connectivity index is 1.92. The smallest absolute Gasteiger partial charge is 0.256 e. The standard InChI is InChI=1S/C21H26N2O5S2/c1-16-11-12-17(15-20(16)30(27,28)23-13-7-3-4-8-14-23)22-21(24)18-9-5-6-10-19(18)29(2,25)26/h5-6,9-12,15H,3-4,7-8,13-14H2,1-2H3,(H,22,24). The molecule has 2 aromatic carbocycles. The summed E-state index contributed by atoms with van der Waals surface area (Å²) in [4.78, 5) is 12.8. The number of hydrogen-bond acceptors (Lipinski definition) is 5. The van der Waals surface area contributed by atoms with Crippen LogP contribution in [0.15, 0.2) is 52.3 Å². The average Bonchev–Trinajstić information content (AvgIpc) is 2.99. The summed E-state index contributed by atoms with van der Waals surface area (Å²) < 4.78 is 51.8. The van der Waals surface area contributed by atoms with Gasteiger partial charge in [0.2, 0.25) is 10.0 Å². The number of rotatable bonds is 5. The fourth-order valence-corrected chi connectivity index (χ4v) is 6.21. The molecule has 1 amide bonds. The summed E-state index contributed by atoms with van der Waals surface area (Å²) in [5.74, 6) is -0.613. The molecular formula is C21H26N2O5S2. The van der Waals surface area contributed by atoms with Gasteiger partial charge in [-0.25, -0.2) is 16.8 Å². The molecule has 2 aromatic rings. The van der Waals surface area contributed by atoms with Gasteiger partial charge in [-0.2, -0.15) is 4.31 Å². The molecule has 0 bridgehead atoms. The van der Waals surface area contributed by atoms with Gasteiger partial charge in [-0.15, -0.1) is 0 Å². The molecule has 3 rings (SSSR count). The molecule has 1 heterocycles. The molecule has 0 radical (unpaired) electrons. The van der Waals surface area contributed by atoms with Gasteiger partial charge in [-0.3, -0.25) is 4.79 Å². The Labute approximate surface area is 178 Å². The van der Waals surface area contributed by atoms with Crippen molar-refractivity contribution in [3.63, 3.8) is 0 Å². The predicted molar refractivity (Wildman–Crippen MR) is 116 cm³/mol. The predicted octanol–water partition coefficient (Wildman–Crippen LogP) is 3.22. The van der Waals surface area contributed by atoms with Crippen LogP contribution in [0.3, 0.4) is 0 Å². The van der Waals surface area contributed by atoms with Gasteiger partial charge in [-0.1, -0.05) is 31.0 Å². The van der Waals surface area contributed by atoms with Crippen LogP contribution in [0.2, 0.25) is 0 Å². The summed E-state index contributed by atoms with van der Waals surface area (Å²) in [5.41, 5.74) is 0.897. The molecule has 1 saturated heterocycles. The fraction of sp³-hybridized carbons (Fsp3) is 0.381. The summed E-state index contributed by atoms with van der Waals surface area (Å²) >= 11 is 0. The summed E-state index contributed by atoms with van der Waals surface area (Å²) in [6.07, 6.45) is 4.73. The highest BCUT2D eigenvalue weighted by Crippen LogP contribution is 2.26. The Morgan fingerprint density at radius 2 is 1.53 bits per heavy atom. The van der Waals surface area contributed by atoms with Gasteiger partial charge in [0.05, 0.1) is 15.4 Å². The number of sulfonamides is 1. The van der Waals surface area contributed by atoms with E-state index < -0.39 is 25.8 Å². The van der Waals surface area contributed by atoms with Gasteiger partial charge in [-0.05, 0) is 49.6 Å². The van der Waals surface area contributed by atoms with Crippen LogP contribution in [-0.2, 0) is 19.9 Å². The molecule has 1 N–H and O–H groups in total. The maximum Gasteiger partial charge on any atom is 0.256 e. The van der Waals surface area contributed by atoms with Crippen molar-refractivity contribution in [2.75, 3.05) is 24.7 Å². The van der Waals surface area contributed by atoms with Crippen LogP contribution in [0.4, 0.5) is 5.69 Å². The minimum Gasteiger partial charge on any atom is -0.322 e. The van der Waals surface area contributed by atoms with E-state index in [4.69, 9.17) is 0 Å². The molecule has 0 unspecified atom stereocenters. The zero-order valence-corrected chi connectivity index (χ0v) is 18.7. The normalized spacial score (nSPS) is 16.1. The topological polar surface area (TPSA) is 101 Å². The van der Waals surface area contributed by atoms with Crippen molar-refractivity contribution in [1.29, 1.82) is 0 Å². The Bertz CT molecular complexity index is 1150. The lowest BCUT2D eigenvalue weighted by molar-refractivity contribution is 0.102. The summed E-state index contributed by atoms with van der Waals surface area (Å²) in [7, 11) is -7.27. The van der Waals surface area contributed by atoms with Crippen LogP contribution >= 0.6 is 0 Å². The van der Waals surface area contributed by atoms with Crippen molar-refractivity contribution in [3.8, 4) is 0 Å². The minimum atomic E-state index is -3.68. The van der Waals surface area contributed by atoms with E-state index in [1.165, 1.54) is 22.5 Å². The van der Waals surface area contributed by atoms with Crippen LogP contribution in [0.25, 0.3) is 0 Å². The molecule has 0 aromatic heterocycles. The Hall–Kier alpha value is -2.23. The van der Waals surface area contributed by atoms with Crippen molar-refractivity contribution in [1.82, 2.24) is 4.31 Å². The first kappa shape index (κ1) is 22.5. The van der Waals surface area contributed by atoms with Crippen molar-refractivity contribution < 1.29 is 21.6 Å². The van der Waals surface area contributed by atoms with Crippen molar-refractivity contribution >= 4 is 31.5 Å². The Morgan fingerprint density at radius 3 is 2.17 bits per heavy atom. The van der Waals surface area contributed by atoms with Gasteiger partial charge in [0.1, 0.15) is 0 Å². The van der Waals surface area contributed by atoms with E-state index in [1.54, 1.807) is 31.2 Å². The molecule has 0 aliphatic carbocycles. The fourth-order valence-electron chi connectivity index (χ4n) is 3.55. The van der Waals surface area contributed by atoms with Crippen molar-refractivity contribution in [2.45, 2.75) is 42.4 Å². The third-order valence-electron chi connectivity index (χ3n) is 5.16. The van der Waals surface area contributed by atoms with E-state index in [0.717, 1.165) is 31.9 Å². The molecular weight excluding hydrogens is 424 g/mol. The summed E-state index contributed by atoms with van der Waals surface area (Å²) in [6.45, 7) is 2.69. The van der Waals surface area contributed by atoms with E-state index in [2.05, 4.69) is 5.32 Å². The summed E-state index contributed by atoms with van der Waals surface area (Å²) in [5, 5.41) is 2.64. The highest BCUT2D eigenvalue weighted by Gasteiger charge is 2.27. The second kappa shape index (κ2) is 8.87. The molecule has 30 heavy (non-hydrogen) atoms. The Kier molecular flexibility index (Phi) is 6.64. The van der Waals surface area contributed by atoms with Crippen LogP contribution in [0.5, 0.6) is 0 Å². The average molecular weight is 451 g/mol. The number of nitrogens with zero attached hydrogens (tertiary/aromatic N) is 1. The van der Waals surface area contributed by atoms with Crippen molar-refractivity contribution in [3.05, 3.63) is 53.6 Å². The van der Waals surface area contributed by atoms with Crippen LogP contribution in [0, 0.1) is 6.92 Å². The number of sulfone groups is 1. The van der Waals surface area contributed by atoms with Crippen LogP contribution < -0.4 is 5.32 Å². The SMILES string of the molecule is Cc1ccc(NC(=O)c2ccccc2S(C)(=O)=O)cc1S(=O)(=O)N1CCCCCC1. The lowest BCUT2D eigenvalue weighted by Crippen LogP contribution is -2.32. The lowest BCUT2D eigenvalue weighted by atomic mass is 10.2. The first-order chi connectivity index (χ1) is 14.1. The molecule has 1 fully saturated rings. The zero-order chi connectivity index (χ0) is 21.9. The van der Waals surface area contributed by atoms with Gasteiger partial charge in [0, 0.05) is 25.0 Å². The number of aryl methyl sites for hydroxylation is 1. The second-order valence-electron chi connectivity index (χ2n) is 7.52. The maximum absolute atomic E-state index is 13.2. The largest absolute Gasteiger partial charge is 0.322 e. The molecule has 7 nitrogen and oxygen atoms in total. The molecule has 1 aliphatic rings. The van der Waals surface area contributed by atoms with Gasteiger partial charge in [0.25, 0.3) is 5.91 Å². The number of hydrogen-bond donors (Lipinski definition) is 1. The number of benzene rings is 2. The molecule has 0 spiro atoms. The number of anilines is 1. The molecule has 0 saturated carbocycles. The highest BCUT2D eigenvalue weighted by atomic mass is 32.2. The monoisotopic (exact) mass is 450 g/mol. The van der Waals surface area contributed by atoms with Crippen LogP contribution in [-0.4, -0.2) is 46.4 Å². The number of amides is 1. The van der Waals surface area contributed by atoms with E-state index in [-0.39, 0.29) is 15.4 Å². The van der Waals surface area contributed by atoms with E-state index >= 15 is 0 Å². The zero-order valence-electron chi connectivity index (χ0n) is 17.1. The second-order valence-corrected chi connectivity index (χ2v) is 11.4. The molecule has 1 aliphatic heterocycles. The third kappa shape index (κ3) is 4.91. The number of carbonyl (C=O) groups is 1. The van der Waals surface area contributed by atoms with Gasteiger partial charge >= 0.3 is 0 Å². The first-order valence-corrected chi connectivity index (χ1v) is 13.1. The molecule has 9 heteroatoms. The number of carbonyl (C=O) groups excluding carboxylic acids is 1. The first-order valence-electron chi connectivity index (χ1n) is 9.82. The lowest BCUT2D eigenvalue weighted by Gasteiger charge is -2.21. The van der Waals surface area contributed by atoms with E-state index in [9.17, 15) is 21.6 Å². The van der Waals surface area contributed by atoms with Crippen molar-refractivity contribution in [2.24, 2.45) is 0 Å². The van der Waals surface area contributed by atoms with Crippen LogP contribution in [0.1, 0.15) is 41.6 Å². The van der Waals surface area contributed by atoms with E-state index in [0.29, 0.717) is 24.3 Å². The van der Waals surface area contributed by atoms with E-state index in [1.807, 2.05) is 0 Å². The maximum atomic E-state index is 13.2.